The molecule has 1 unspecified atom stereocenters. The molecule has 0 aromatic carbocycles. The molecule has 3 heteroatoms. The first-order valence-electron chi connectivity index (χ1n) is 6.06. The molecule has 1 N–H and O–H groups in total. The summed E-state index contributed by atoms with van der Waals surface area (Å²) in [5.74, 6) is 0. The maximum absolute atomic E-state index is 3.30. The summed E-state index contributed by atoms with van der Waals surface area (Å²) in [4.78, 5) is 5.05. The lowest BCUT2D eigenvalue weighted by molar-refractivity contribution is 0.0385. The van der Waals surface area contributed by atoms with E-state index in [1.807, 2.05) is 7.05 Å². The second kappa shape index (κ2) is 5.28. The van der Waals surface area contributed by atoms with Crippen molar-refractivity contribution in [3.8, 4) is 0 Å². The Kier molecular flexibility index (Phi) is 4.56. The molecule has 1 heterocycles. The molecule has 0 bridgehead atoms. The topological polar surface area (TPSA) is 18.5 Å². The van der Waals surface area contributed by atoms with E-state index in [1.54, 1.807) is 0 Å². The number of nitrogens with one attached hydrogen (secondary N) is 1. The maximum Gasteiger partial charge on any atom is 0.0277 e. The molecule has 1 fully saturated rings. The van der Waals surface area contributed by atoms with Gasteiger partial charge in [-0.15, -0.1) is 0 Å². The molecule has 90 valence electrons. The first kappa shape index (κ1) is 12.9. The summed E-state index contributed by atoms with van der Waals surface area (Å²) in [6.07, 6.45) is 1.25. The van der Waals surface area contributed by atoms with Gasteiger partial charge in [0.05, 0.1) is 0 Å². The van der Waals surface area contributed by atoms with Gasteiger partial charge in [-0.3, -0.25) is 4.90 Å². The summed E-state index contributed by atoms with van der Waals surface area (Å²) >= 11 is 0. The van der Waals surface area contributed by atoms with Crippen LogP contribution in [-0.2, 0) is 0 Å². The highest BCUT2D eigenvalue weighted by Gasteiger charge is 2.30. The van der Waals surface area contributed by atoms with Crippen LogP contribution < -0.4 is 5.32 Å². The Morgan fingerprint density at radius 3 is 2.53 bits per heavy atom. The van der Waals surface area contributed by atoms with Gasteiger partial charge in [-0.05, 0) is 47.8 Å². The van der Waals surface area contributed by atoms with E-state index in [-0.39, 0.29) is 0 Å². The normalized spacial score (nSPS) is 25.4. The van der Waals surface area contributed by atoms with E-state index < -0.39 is 0 Å². The van der Waals surface area contributed by atoms with Gasteiger partial charge < -0.3 is 10.2 Å². The van der Waals surface area contributed by atoms with Crippen LogP contribution >= 0.6 is 0 Å². The van der Waals surface area contributed by atoms with Crippen LogP contribution in [0.2, 0.25) is 0 Å². The van der Waals surface area contributed by atoms with Gasteiger partial charge in [0, 0.05) is 31.2 Å². The zero-order valence-corrected chi connectivity index (χ0v) is 11.0. The van der Waals surface area contributed by atoms with Crippen LogP contribution in [0.25, 0.3) is 0 Å². The summed E-state index contributed by atoms with van der Waals surface area (Å²) < 4.78 is 0. The molecule has 0 amide bonds. The fourth-order valence-electron chi connectivity index (χ4n) is 2.05. The van der Waals surface area contributed by atoms with Crippen LogP contribution in [0.3, 0.4) is 0 Å². The highest BCUT2D eigenvalue weighted by atomic mass is 15.3. The monoisotopic (exact) mass is 213 g/mol. The largest absolute Gasteiger partial charge is 0.317 e. The third kappa shape index (κ3) is 3.74. The third-order valence-electron chi connectivity index (χ3n) is 3.77. The van der Waals surface area contributed by atoms with Crippen molar-refractivity contribution in [3.05, 3.63) is 0 Å². The third-order valence-corrected chi connectivity index (χ3v) is 3.77. The van der Waals surface area contributed by atoms with Crippen LogP contribution in [0.5, 0.6) is 0 Å². The van der Waals surface area contributed by atoms with Crippen molar-refractivity contribution >= 4 is 0 Å². The first-order chi connectivity index (χ1) is 6.95. The quantitative estimate of drug-likeness (QED) is 0.752. The minimum Gasteiger partial charge on any atom is -0.317 e. The van der Waals surface area contributed by atoms with E-state index in [9.17, 15) is 0 Å². The summed E-state index contributed by atoms with van der Waals surface area (Å²) in [7, 11) is 4.27. The molecule has 1 saturated heterocycles. The molecule has 1 aliphatic rings. The molecule has 1 atom stereocenters. The Hall–Kier alpha value is -0.120. The van der Waals surface area contributed by atoms with Gasteiger partial charge in [0.15, 0.2) is 0 Å². The lowest BCUT2D eigenvalue weighted by Crippen LogP contribution is -2.57. The molecular formula is C12H27N3. The molecule has 0 saturated carbocycles. The van der Waals surface area contributed by atoms with Crippen LogP contribution in [0.4, 0.5) is 0 Å². The Balaban J connectivity index is 2.33. The zero-order chi connectivity index (χ0) is 11.5. The van der Waals surface area contributed by atoms with Crippen LogP contribution in [0.15, 0.2) is 0 Å². The molecule has 0 radical (unpaired) electrons. The standard InChI is InChI=1S/C12H27N3/c1-11(13-4)6-7-15-9-8-14(5)12(2,3)10-15/h11,13H,6-10H2,1-5H3. The number of hydrogen-bond donors (Lipinski definition) is 1. The molecule has 15 heavy (non-hydrogen) atoms. The van der Waals surface area contributed by atoms with Crippen molar-refractivity contribution in [1.82, 2.24) is 15.1 Å². The predicted octanol–water partition coefficient (Wildman–Crippen LogP) is 1.01. The van der Waals surface area contributed by atoms with Gasteiger partial charge in [-0.1, -0.05) is 0 Å². The van der Waals surface area contributed by atoms with Crippen molar-refractivity contribution in [1.29, 1.82) is 0 Å². The fraction of sp³-hybridized carbons (Fsp3) is 1.00. The smallest absolute Gasteiger partial charge is 0.0277 e. The van der Waals surface area contributed by atoms with E-state index in [0.29, 0.717) is 11.6 Å². The average molecular weight is 213 g/mol. The van der Waals surface area contributed by atoms with E-state index in [4.69, 9.17) is 0 Å². The molecule has 0 aliphatic carbocycles. The molecule has 1 aliphatic heterocycles. The van der Waals surface area contributed by atoms with Crippen molar-refractivity contribution in [2.75, 3.05) is 40.3 Å². The Morgan fingerprint density at radius 1 is 1.33 bits per heavy atom. The average Bonchev–Trinajstić information content (AvgIpc) is 2.19. The summed E-state index contributed by atoms with van der Waals surface area (Å²) in [6.45, 7) is 11.7. The predicted molar refractivity (Wildman–Crippen MR) is 66.3 cm³/mol. The second-order valence-electron chi connectivity index (χ2n) is 5.49. The highest BCUT2D eigenvalue weighted by molar-refractivity contribution is 4.88. The van der Waals surface area contributed by atoms with E-state index in [1.165, 1.54) is 32.6 Å². The van der Waals surface area contributed by atoms with Gasteiger partial charge in [-0.2, -0.15) is 0 Å². The molecule has 0 spiro atoms. The van der Waals surface area contributed by atoms with Crippen molar-refractivity contribution in [2.24, 2.45) is 0 Å². The van der Waals surface area contributed by atoms with Gasteiger partial charge in [0.25, 0.3) is 0 Å². The molecule has 0 aromatic heterocycles. The van der Waals surface area contributed by atoms with E-state index >= 15 is 0 Å². The Bertz CT molecular complexity index is 191. The van der Waals surface area contributed by atoms with Crippen LogP contribution in [-0.4, -0.2) is 61.7 Å². The number of nitrogens with zero attached hydrogens (tertiary/aromatic N) is 2. The van der Waals surface area contributed by atoms with E-state index in [2.05, 4.69) is 42.9 Å². The number of piperazine rings is 1. The summed E-state index contributed by atoms with van der Waals surface area (Å²) in [5, 5.41) is 3.30. The highest BCUT2D eigenvalue weighted by Crippen LogP contribution is 2.18. The van der Waals surface area contributed by atoms with Gasteiger partial charge in [0.1, 0.15) is 0 Å². The summed E-state index contributed by atoms with van der Waals surface area (Å²) in [5.41, 5.74) is 0.334. The lowest BCUT2D eigenvalue weighted by Gasteiger charge is -2.45. The Labute approximate surface area is 94.8 Å². The minimum absolute atomic E-state index is 0.334. The number of likely N-dealkylation sites (N-methyl/N-ethyl adjacent to an activating group) is 1. The molecular weight excluding hydrogens is 186 g/mol. The lowest BCUT2D eigenvalue weighted by atomic mass is 9.99. The van der Waals surface area contributed by atoms with Gasteiger partial charge in [-0.25, -0.2) is 0 Å². The Morgan fingerprint density at radius 2 is 2.00 bits per heavy atom. The van der Waals surface area contributed by atoms with Crippen LogP contribution in [0, 0.1) is 0 Å². The van der Waals surface area contributed by atoms with Crippen molar-refractivity contribution < 1.29 is 0 Å². The van der Waals surface area contributed by atoms with Crippen molar-refractivity contribution in [2.45, 2.75) is 38.8 Å². The fourth-order valence-corrected chi connectivity index (χ4v) is 2.05. The first-order valence-corrected chi connectivity index (χ1v) is 6.06. The summed E-state index contributed by atoms with van der Waals surface area (Å²) in [6, 6.07) is 0.632. The van der Waals surface area contributed by atoms with Gasteiger partial charge in [0.2, 0.25) is 0 Å². The molecule has 1 rings (SSSR count). The zero-order valence-electron chi connectivity index (χ0n) is 11.0. The second-order valence-corrected chi connectivity index (χ2v) is 5.49. The molecule has 0 aromatic rings. The van der Waals surface area contributed by atoms with Crippen molar-refractivity contribution in [3.63, 3.8) is 0 Å². The minimum atomic E-state index is 0.334. The van der Waals surface area contributed by atoms with E-state index in [0.717, 1.165) is 0 Å². The SMILES string of the molecule is CNC(C)CCN1CCN(C)C(C)(C)C1. The van der Waals surface area contributed by atoms with Crippen LogP contribution in [0.1, 0.15) is 27.2 Å². The molecule has 3 nitrogen and oxygen atoms in total. The maximum atomic E-state index is 3.30. The number of hydrogen-bond acceptors (Lipinski definition) is 3. The number of rotatable bonds is 4. The van der Waals surface area contributed by atoms with Gasteiger partial charge >= 0.3 is 0 Å².